The van der Waals surface area contributed by atoms with Crippen LogP contribution in [0.5, 0.6) is 0 Å². The van der Waals surface area contributed by atoms with E-state index >= 15 is 0 Å². The van der Waals surface area contributed by atoms with Gasteiger partial charge in [-0.2, -0.15) is 0 Å². The van der Waals surface area contributed by atoms with Gasteiger partial charge in [-0.1, -0.05) is 42.3 Å². The normalized spacial score (nSPS) is 13.6. The topological polar surface area (TPSA) is 55.1 Å². The van der Waals surface area contributed by atoms with E-state index in [1.165, 1.54) is 24.8 Å². The molecule has 0 aromatic heterocycles. The number of nitrogens with one attached hydrogen (secondary N) is 1. The predicted molar refractivity (Wildman–Crippen MR) is 85.2 cm³/mol. The fourth-order valence-electron chi connectivity index (χ4n) is 2.65. The minimum atomic E-state index is -0.545. The molecule has 116 valence electrons. The molecule has 0 unspecified atom stereocenters. The molecule has 0 heterocycles. The van der Waals surface area contributed by atoms with Crippen molar-refractivity contribution in [3.8, 4) is 0 Å². The van der Waals surface area contributed by atoms with Crippen LogP contribution < -0.4 is 11.1 Å². The minimum absolute atomic E-state index is 0. The maximum absolute atomic E-state index is 11.0. The summed E-state index contributed by atoms with van der Waals surface area (Å²) in [5, 5.41) is 2.65. The summed E-state index contributed by atoms with van der Waals surface area (Å²) in [5.74, 6) is 0.753. The van der Waals surface area contributed by atoms with Gasteiger partial charge < -0.3 is 11.1 Å². The number of primary amides is 1. The molecule has 3 rings (SSSR count). The molecule has 4 heteroatoms. The smallest absolute Gasteiger partial charge is 0.309 e. The number of nitrogens with two attached hydrogens (primary N) is 1. The second-order valence-electron chi connectivity index (χ2n) is 5.52. The van der Waals surface area contributed by atoms with Crippen LogP contribution in [-0.4, -0.2) is 6.03 Å². The molecule has 2 aromatic carbocycles. The number of carbonyl (C=O) groups is 1. The van der Waals surface area contributed by atoms with Crippen molar-refractivity contribution in [3.63, 3.8) is 0 Å². The monoisotopic (exact) mass is 522 g/mol. The summed E-state index contributed by atoms with van der Waals surface area (Å²) >= 11 is 0. The van der Waals surface area contributed by atoms with Gasteiger partial charge in [-0.3, -0.25) is 0 Å². The van der Waals surface area contributed by atoms with Gasteiger partial charge in [-0.05, 0) is 24.4 Å². The molecule has 0 saturated heterocycles. The predicted octanol–water partition coefficient (Wildman–Crippen LogP) is 4.05. The van der Waals surface area contributed by atoms with E-state index in [1.54, 1.807) is 0 Å². The summed E-state index contributed by atoms with van der Waals surface area (Å²) in [7, 11) is 0. The number of amides is 2. The first kappa shape index (κ1) is 15.0. The zero-order valence-electron chi connectivity index (χ0n) is 12.2. The van der Waals surface area contributed by atoms with E-state index in [0.717, 1.165) is 22.7 Å². The Hall–Kier alpha value is -3.42. The number of anilines is 1. The Morgan fingerprint density at radius 2 is 1.77 bits per heavy atom. The van der Waals surface area contributed by atoms with E-state index in [2.05, 4.69) is 36.0 Å². The Bertz CT molecular complexity index is 636. The van der Waals surface area contributed by atoms with Crippen LogP contribution in [0.25, 0.3) is 0 Å². The second-order valence-corrected chi connectivity index (χ2v) is 5.52. The number of rotatable bonds is 4. The maximum atomic E-state index is 11.0. The van der Waals surface area contributed by atoms with E-state index in [1.807, 2.05) is 24.3 Å². The molecule has 0 radical (unpaired) electrons. The molecule has 1 aliphatic carbocycles. The largest absolute Gasteiger partial charge is 0.352 e. The molecule has 1 aliphatic rings. The van der Waals surface area contributed by atoms with Crippen molar-refractivity contribution >= 4 is 11.7 Å². The first-order valence-corrected chi connectivity index (χ1v) is 7.32. The first-order chi connectivity index (χ1) is 10.2. The minimum Gasteiger partial charge on any atom is -0.352 e. The van der Waals surface area contributed by atoms with Crippen molar-refractivity contribution in [1.29, 1.82) is 0 Å². The molecule has 0 aliphatic heterocycles. The number of hydrogen-bond donors (Lipinski definition) is 2. The fourth-order valence-corrected chi connectivity index (χ4v) is 2.65. The Morgan fingerprint density at radius 3 is 2.36 bits per heavy atom. The van der Waals surface area contributed by atoms with E-state index in [4.69, 9.17) is 5.73 Å². The SMILES string of the molecule is NC(=O)Nc1ccccc1[CH-]c1ccc(C2CCC2)cc1.[Cm]. The molecule has 0 atom stereocenters. The number of para-hydroxylation sites is 1. The summed E-state index contributed by atoms with van der Waals surface area (Å²) in [6.45, 7) is 0. The van der Waals surface area contributed by atoms with E-state index in [0.29, 0.717) is 0 Å². The molecule has 2 amide bonds. The average Bonchev–Trinajstić information content (AvgIpc) is 2.41. The van der Waals surface area contributed by atoms with Crippen LogP contribution in [0.3, 0.4) is 0 Å². The van der Waals surface area contributed by atoms with Crippen LogP contribution in [0, 0.1) is 6.42 Å². The van der Waals surface area contributed by atoms with Crippen molar-refractivity contribution in [2.75, 3.05) is 5.32 Å². The van der Waals surface area contributed by atoms with Crippen molar-refractivity contribution in [2.24, 2.45) is 5.73 Å². The second kappa shape index (κ2) is 6.35. The van der Waals surface area contributed by atoms with Crippen LogP contribution in [-0.2, 0) is 0 Å². The summed E-state index contributed by atoms with van der Waals surface area (Å²) in [6.07, 6.45) is 6.03. The van der Waals surface area contributed by atoms with Gasteiger partial charge in [0.2, 0.25) is 0 Å². The van der Waals surface area contributed by atoms with Crippen LogP contribution in [0.1, 0.15) is 41.9 Å². The van der Waals surface area contributed by atoms with Gasteiger partial charge >= 0.3 is 6.03 Å². The van der Waals surface area contributed by atoms with Crippen molar-refractivity contribution in [1.82, 2.24) is 0 Å². The molecular weight excluding hydrogens is 507 g/mol. The molecule has 0 bridgehead atoms. The van der Waals surface area contributed by atoms with Crippen molar-refractivity contribution in [2.45, 2.75) is 25.2 Å². The molecule has 0 spiro atoms. The van der Waals surface area contributed by atoms with Crippen LogP contribution in [0.4, 0.5) is 10.5 Å². The van der Waals surface area contributed by atoms with E-state index < -0.39 is 6.03 Å². The number of urea groups is 1. The van der Waals surface area contributed by atoms with E-state index in [9.17, 15) is 4.79 Å². The Morgan fingerprint density at radius 1 is 1.09 bits per heavy atom. The molecule has 2 aromatic rings. The Balaban J connectivity index is 0.00000176. The third-order valence-electron chi connectivity index (χ3n) is 4.05. The Labute approximate surface area is 125 Å². The first-order valence-electron chi connectivity index (χ1n) is 7.32. The van der Waals surface area contributed by atoms with Gasteiger partial charge in [0.05, 0.1) is 0 Å². The van der Waals surface area contributed by atoms with Gasteiger partial charge in [0.15, 0.2) is 0 Å². The Kier molecular flexibility index (Phi) is 4.33. The summed E-state index contributed by atoms with van der Waals surface area (Å²) < 4.78 is 0. The fraction of sp³-hybridized carbons (Fsp3) is 0.222. The van der Waals surface area contributed by atoms with Crippen molar-refractivity contribution < 1.29 is 4.79 Å². The summed E-state index contributed by atoms with van der Waals surface area (Å²) in [6, 6.07) is 15.8. The van der Waals surface area contributed by atoms with Gasteiger partial charge in [-0.25, -0.2) is 4.79 Å². The average molecular weight is 526 g/mol. The quantitative estimate of drug-likeness (QED) is 0.581. The molecule has 22 heavy (non-hydrogen) atoms. The number of hydrogen-bond acceptors (Lipinski definition) is 1. The van der Waals surface area contributed by atoms with Gasteiger partial charge in [0.1, 0.15) is 0 Å². The molecule has 3 nitrogen and oxygen atoms in total. The maximum Gasteiger partial charge on any atom is 0.309 e. The molecular formula is C18H19CmN2O-. The zero-order valence-corrected chi connectivity index (χ0v) is 15.2. The van der Waals surface area contributed by atoms with Crippen LogP contribution in [0.15, 0.2) is 48.5 Å². The molecule has 1 fully saturated rings. The summed E-state index contributed by atoms with van der Waals surface area (Å²) in [5.41, 5.74) is 9.43. The number of carbonyl (C=O) groups excluding carboxylic acids is 1. The zero-order chi connectivity index (χ0) is 14.7. The summed E-state index contributed by atoms with van der Waals surface area (Å²) in [4.78, 5) is 11.0. The van der Waals surface area contributed by atoms with Gasteiger partial charge in [-0.15, -0.1) is 35.7 Å². The number of benzene rings is 2. The van der Waals surface area contributed by atoms with Crippen LogP contribution in [0.2, 0.25) is 0 Å². The van der Waals surface area contributed by atoms with Gasteiger partial charge in [0.25, 0.3) is 0 Å². The third kappa shape index (κ3) is 3.18. The van der Waals surface area contributed by atoms with Crippen molar-refractivity contribution in [3.05, 3.63) is 71.6 Å². The third-order valence-corrected chi connectivity index (χ3v) is 4.05. The van der Waals surface area contributed by atoms with E-state index in [-0.39, 0.29) is 0 Å². The standard InChI is InChI=1S/C18H19N2O.Cm/c19-18(21)20-17-7-2-1-4-16(17)12-13-8-10-15(11-9-13)14-5-3-6-14;/h1-2,4,7-12,14H,3,5-6H2,(H3,19,20,21);/q-1;. The van der Waals surface area contributed by atoms with Gasteiger partial charge in [0, 0.05) is 0 Å². The molecule has 1 saturated carbocycles. The van der Waals surface area contributed by atoms with Crippen LogP contribution >= 0.6 is 0 Å². The molecule has 3 N–H and O–H groups in total.